The topological polar surface area (TPSA) is 73.2 Å². The first-order valence-electron chi connectivity index (χ1n) is 7.68. The van der Waals surface area contributed by atoms with Crippen LogP contribution in [0.1, 0.15) is 20.2 Å². The van der Waals surface area contributed by atoms with Crippen molar-refractivity contribution in [1.82, 2.24) is 9.78 Å². The molecule has 25 heavy (non-hydrogen) atoms. The van der Waals surface area contributed by atoms with E-state index in [2.05, 4.69) is 10.4 Å². The van der Waals surface area contributed by atoms with E-state index in [1.54, 1.807) is 16.8 Å². The Morgan fingerprint density at radius 2 is 1.92 bits per heavy atom. The zero-order chi connectivity index (χ0) is 17.8. The van der Waals surface area contributed by atoms with Crippen LogP contribution in [0.15, 0.2) is 48.5 Å². The van der Waals surface area contributed by atoms with Crippen LogP contribution in [0, 0.1) is 13.8 Å². The number of anilines is 1. The monoisotopic (exact) mass is 355 g/mol. The number of para-hydroxylation sites is 1. The molecule has 1 amide bonds. The first-order chi connectivity index (χ1) is 12.0. The molecule has 0 aliphatic carbocycles. The summed E-state index contributed by atoms with van der Waals surface area (Å²) in [6, 6.07) is 14.8. The number of aromatic nitrogens is 2. The number of nitrogens with zero attached hydrogens (tertiary/aromatic N) is 2. The highest BCUT2D eigenvalue weighted by atomic mass is 32.1. The third-order valence-electron chi connectivity index (χ3n) is 3.38. The summed E-state index contributed by atoms with van der Waals surface area (Å²) in [6.45, 7) is 3.39. The summed E-state index contributed by atoms with van der Waals surface area (Å²) in [5.74, 6) is -0.392. The second-order valence-electron chi connectivity index (χ2n) is 5.45. The molecule has 0 radical (unpaired) electrons. The Kier molecular flexibility index (Phi) is 4.95. The SMILES string of the molecule is Cc1cc(NC(=O)COC(=O)c2ccc(C)s2)n(-c2ccccc2)n1. The molecule has 7 heteroatoms. The number of aryl methyl sites for hydroxylation is 2. The number of carbonyl (C=O) groups is 2. The molecule has 0 spiro atoms. The molecular formula is C18H17N3O3S. The molecule has 3 aromatic rings. The average Bonchev–Trinajstić information content (AvgIpc) is 3.19. The van der Waals surface area contributed by atoms with Crippen LogP contribution in [0.5, 0.6) is 0 Å². The molecule has 2 aromatic heterocycles. The van der Waals surface area contributed by atoms with Crippen molar-refractivity contribution in [3.8, 4) is 5.69 Å². The lowest BCUT2D eigenvalue weighted by Gasteiger charge is -2.09. The number of hydrogen-bond acceptors (Lipinski definition) is 5. The van der Waals surface area contributed by atoms with Gasteiger partial charge in [-0.05, 0) is 38.1 Å². The fourth-order valence-corrected chi connectivity index (χ4v) is 3.04. The molecule has 0 fully saturated rings. The fraction of sp³-hybridized carbons (Fsp3) is 0.167. The Hall–Kier alpha value is -2.93. The summed E-state index contributed by atoms with van der Waals surface area (Å²) in [5.41, 5.74) is 1.60. The van der Waals surface area contributed by atoms with Gasteiger partial charge in [0.05, 0.1) is 11.4 Å². The third-order valence-corrected chi connectivity index (χ3v) is 4.36. The highest BCUT2D eigenvalue weighted by Crippen LogP contribution is 2.18. The predicted molar refractivity (Wildman–Crippen MR) is 96.3 cm³/mol. The van der Waals surface area contributed by atoms with Gasteiger partial charge in [0.25, 0.3) is 5.91 Å². The maximum atomic E-state index is 12.1. The van der Waals surface area contributed by atoms with E-state index < -0.39 is 11.9 Å². The summed E-state index contributed by atoms with van der Waals surface area (Å²) in [5, 5.41) is 7.10. The summed E-state index contributed by atoms with van der Waals surface area (Å²) < 4.78 is 6.69. The maximum Gasteiger partial charge on any atom is 0.348 e. The van der Waals surface area contributed by atoms with Crippen LogP contribution in [-0.2, 0) is 9.53 Å². The van der Waals surface area contributed by atoms with Gasteiger partial charge in [0.15, 0.2) is 6.61 Å². The van der Waals surface area contributed by atoms with Crippen molar-refractivity contribution in [3.63, 3.8) is 0 Å². The zero-order valence-corrected chi connectivity index (χ0v) is 14.7. The quantitative estimate of drug-likeness (QED) is 0.713. The molecular weight excluding hydrogens is 338 g/mol. The molecule has 3 rings (SSSR count). The van der Waals surface area contributed by atoms with E-state index in [-0.39, 0.29) is 6.61 Å². The Labute approximate surface area is 149 Å². The minimum Gasteiger partial charge on any atom is -0.451 e. The molecule has 128 valence electrons. The minimum absolute atomic E-state index is 0.352. The molecule has 1 aromatic carbocycles. The van der Waals surface area contributed by atoms with Gasteiger partial charge in [-0.3, -0.25) is 4.79 Å². The number of esters is 1. The maximum absolute atomic E-state index is 12.1. The summed E-state index contributed by atoms with van der Waals surface area (Å²) in [4.78, 5) is 25.5. The average molecular weight is 355 g/mol. The van der Waals surface area contributed by atoms with Gasteiger partial charge >= 0.3 is 5.97 Å². The van der Waals surface area contributed by atoms with Crippen molar-refractivity contribution in [2.24, 2.45) is 0 Å². The number of benzene rings is 1. The molecule has 0 atom stereocenters. The van der Waals surface area contributed by atoms with Gasteiger partial charge in [-0.1, -0.05) is 18.2 Å². The van der Waals surface area contributed by atoms with Crippen LogP contribution in [-0.4, -0.2) is 28.3 Å². The summed E-state index contributed by atoms with van der Waals surface area (Å²) in [7, 11) is 0. The van der Waals surface area contributed by atoms with Gasteiger partial charge in [0, 0.05) is 10.9 Å². The van der Waals surface area contributed by atoms with Gasteiger partial charge in [-0.2, -0.15) is 5.10 Å². The first-order valence-corrected chi connectivity index (χ1v) is 8.50. The largest absolute Gasteiger partial charge is 0.451 e. The highest BCUT2D eigenvalue weighted by molar-refractivity contribution is 7.13. The van der Waals surface area contributed by atoms with Crippen molar-refractivity contribution in [3.05, 3.63) is 64.0 Å². The van der Waals surface area contributed by atoms with Gasteiger partial charge in [-0.15, -0.1) is 11.3 Å². The van der Waals surface area contributed by atoms with Crippen LogP contribution in [0.2, 0.25) is 0 Å². The molecule has 6 nitrogen and oxygen atoms in total. The lowest BCUT2D eigenvalue weighted by Crippen LogP contribution is -2.22. The number of thiophene rings is 1. The summed E-state index contributed by atoms with van der Waals surface area (Å²) >= 11 is 1.33. The van der Waals surface area contributed by atoms with Crippen molar-refractivity contribution in [1.29, 1.82) is 0 Å². The lowest BCUT2D eigenvalue weighted by atomic mass is 10.3. The van der Waals surface area contributed by atoms with Gasteiger partial charge in [0.1, 0.15) is 10.7 Å². The van der Waals surface area contributed by atoms with Crippen molar-refractivity contribution >= 4 is 29.0 Å². The predicted octanol–water partition coefficient (Wildman–Crippen LogP) is 3.35. The minimum atomic E-state index is -0.499. The fourth-order valence-electron chi connectivity index (χ4n) is 2.28. The number of ether oxygens (including phenoxy) is 1. The van der Waals surface area contributed by atoms with Gasteiger partial charge in [0.2, 0.25) is 0 Å². The zero-order valence-electron chi connectivity index (χ0n) is 13.9. The van der Waals surface area contributed by atoms with E-state index >= 15 is 0 Å². The van der Waals surface area contributed by atoms with Crippen LogP contribution in [0.3, 0.4) is 0 Å². The summed E-state index contributed by atoms with van der Waals surface area (Å²) in [6.07, 6.45) is 0. The van der Waals surface area contributed by atoms with E-state index in [1.807, 2.05) is 50.2 Å². The van der Waals surface area contributed by atoms with Crippen molar-refractivity contribution in [2.45, 2.75) is 13.8 Å². The van der Waals surface area contributed by atoms with Crippen molar-refractivity contribution in [2.75, 3.05) is 11.9 Å². The number of nitrogens with one attached hydrogen (secondary N) is 1. The second kappa shape index (κ2) is 7.31. The third kappa shape index (κ3) is 4.13. The molecule has 0 saturated heterocycles. The van der Waals surface area contributed by atoms with Gasteiger partial charge in [-0.25, -0.2) is 9.48 Å². The molecule has 2 heterocycles. The lowest BCUT2D eigenvalue weighted by molar-refractivity contribution is -0.119. The molecule has 1 N–H and O–H groups in total. The highest BCUT2D eigenvalue weighted by Gasteiger charge is 2.14. The van der Waals surface area contributed by atoms with Crippen LogP contribution in [0.25, 0.3) is 5.69 Å². The molecule has 0 saturated carbocycles. The smallest absolute Gasteiger partial charge is 0.348 e. The number of amides is 1. The Balaban J connectivity index is 1.65. The van der Waals surface area contributed by atoms with E-state index in [4.69, 9.17) is 4.74 Å². The van der Waals surface area contributed by atoms with Crippen LogP contribution < -0.4 is 5.32 Å². The van der Waals surface area contributed by atoms with E-state index in [9.17, 15) is 9.59 Å². The Bertz CT molecular complexity index is 899. The molecule has 0 unspecified atom stereocenters. The first kappa shape index (κ1) is 16.9. The normalized spacial score (nSPS) is 10.5. The Morgan fingerprint density at radius 3 is 2.60 bits per heavy atom. The van der Waals surface area contributed by atoms with E-state index in [0.717, 1.165) is 16.3 Å². The number of rotatable bonds is 5. The molecule has 0 aliphatic rings. The van der Waals surface area contributed by atoms with Crippen LogP contribution in [0.4, 0.5) is 5.82 Å². The van der Waals surface area contributed by atoms with E-state index in [1.165, 1.54) is 11.3 Å². The van der Waals surface area contributed by atoms with Gasteiger partial charge < -0.3 is 10.1 Å². The molecule has 0 bridgehead atoms. The standard InChI is InChI=1S/C18H17N3O3S/c1-12-10-16(21(20-12)14-6-4-3-5-7-14)19-17(22)11-24-18(23)15-9-8-13(2)25-15/h3-10H,11H2,1-2H3,(H,19,22). The number of hydrogen-bond donors (Lipinski definition) is 1. The number of carbonyl (C=O) groups excluding carboxylic acids is 2. The van der Waals surface area contributed by atoms with Crippen molar-refractivity contribution < 1.29 is 14.3 Å². The van der Waals surface area contributed by atoms with Crippen LogP contribution >= 0.6 is 11.3 Å². The Morgan fingerprint density at radius 1 is 1.16 bits per heavy atom. The molecule has 0 aliphatic heterocycles. The van der Waals surface area contributed by atoms with E-state index in [0.29, 0.717) is 10.7 Å². The second-order valence-corrected chi connectivity index (χ2v) is 6.74.